The highest BCUT2D eigenvalue weighted by atomic mass is 16.5. The molecule has 0 amide bonds. The summed E-state index contributed by atoms with van der Waals surface area (Å²) in [6.07, 6.45) is 7.53. The number of hydrogen-bond acceptors (Lipinski definition) is 4. The molecule has 19 heavy (non-hydrogen) atoms. The molecule has 2 heterocycles. The van der Waals surface area contributed by atoms with Gasteiger partial charge in [0.15, 0.2) is 5.65 Å². The van der Waals surface area contributed by atoms with E-state index in [0.29, 0.717) is 0 Å². The van der Waals surface area contributed by atoms with Crippen molar-refractivity contribution in [2.75, 3.05) is 13.7 Å². The maximum absolute atomic E-state index is 5.59. The number of rotatable bonds is 5. The van der Waals surface area contributed by atoms with Crippen molar-refractivity contribution in [1.82, 2.24) is 19.9 Å². The third kappa shape index (κ3) is 2.48. The molecule has 0 spiro atoms. The molecule has 0 radical (unpaired) electrons. The number of nitrogens with zero attached hydrogens (tertiary/aromatic N) is 3. The molecule has 102 valence electrons. The lowest BCUT2D eigenvalue weighted by Crippen LogP contribution is -2.47. The predicted molar refractivity (Wildman–Crippen MR) is 73.0 cm³/mol. The van der Waals surface area contributed by atoms with Crippen molar-refractivity contribution in [1.29, 1.82) is 0 Å². The Morgan fingerprint density at radius 3 is 3.00 bits per heavy atom. The van der Waals surface area contributed by atoms with Crippen molar-refractivity contribution in [2.45, 2.75) is 38.3 Å². The molecule has 1 N–H and O–H groups in total. The van der Waals surface area contributed by atoms with Gasteiger partial charge in [0, 0.05) is 44.2 Å². The molecule has 0 aromatic carbocycles. The van der Waals surface area contributed by atoms with Gasteiger partial charge in [-0.05, 0) is 26.2 Å². The fourth-order valence-electron chi connectivity index (χ4n) is 2.58. The van der Waals surface area contributed by atoms with E-state index in [-0.39, 0.29) is 5.60 Å². The van der Waals surface area contributed by atoms with Gasteiger partial charge in [-0.3, -0.25) is 0 Å². The van der Waals surface area contributed by atoms with Crippen LogP contribution in [0.15, 0.2) is 18.5 Å². The highest BCUT2D eigenvalue weighted by Crippen LogP contribution is 2.34. The Kier molecular flexibility index (Phi) is 3.24. The summed E-state index contributed by atoms with van der Waals surface area (Å²) in [5.41, 5.74) is 3.10. The molecule has 1 aliphatic rings. The zero-order valence-corrected chi connectivity index (χ0v) is 11.5. The van der Waals surface area contributed by atoms with E-state index in [1.807, 2.05) is 29.9 Å². The van der Waals surface area contributed by atoms with E-state index in [9.17, 15) is 0 Å². The molecule has 5 heteroatoms. The maximum atomic E-state index is 5.59. The highest BCUT2D eigenvalue weighted by molar-refractivity contribution is 5.38. The van der Waals surface area contributed by atoms with Gasteiger partial charge in [0.25, 0.3) is 0 Å². The van der Waals surface area contributed by atoms with Gasteiger partial charge in [-0.1, -0.05) is 0 Å². The van der Waals surface area contributed by atoms with Crippen LogP contribution in [-0.4, -0.2) is 33.9 Å². The van der Waals surface area contributed by atoms with Crippen LogP contribution in [0.1, 0.15) is 30.5 Å². The smallest absolute Gasteiger partial charge is 0.155 e. The van der Waals surface area contributed by atoms with Crippen LogP contribution in [0.5, 0.6) is 0 Å². The monoisotopic (exact) mass is 260 g/mol. The normalized spacial score (nSPS) is 17.6. The summed E-state index contributed by atoms with van der Waals surface area (Å²) >= 11 is 0. The minimum Gasteiger partial charge on any atom is -0.377 e. The summed E-state index contributed by atoms with van der Waals surface area (Å²) in [6.45, 7) is 3.68. The number of aromatic nitrogens is 3. The van der Waals surface area contributed by atoms with E-state index in [1.165, 1.54) is 6.42 Å². The van der Waals surface area contributed by atoms with Crippen LogP contribution >= 0.6 is 0 Å². The lowest BCUT2D eigenvalue weighted by Gasteiger charge is -2.40. The minimum absolute atomic E-state index is 0.0693. The molecule has 0 saturated heterocycles. The fourth-order valence-corrected chi connectivity index (χ4v) is 2.58. The molecule has 3 rings (SSSR count). The summed E-state index contributed by atoms with van der Waals surface area (Å²) in [5, 5.41) is 7.84. The quantitative estimate of drug-likeness (QED) is 0.889. The Bertz CT molecular complexity index is 568. The molecule has 5 nitrogen and oxygen atoms in total. The Balaban J connectivity index is 1.62. The first-order chi connectivity index (χ1) is 9.21. The number of hydrogen-bond donors (Lipinski definition) is 1. The van der Waals surface area contributed by atoms with Crippen molar-refractivity contribution in [3.05, 3.63) is 29.7 Å². The molecule has 2 aromatic heterocycles. The number of ether oxygens (including phenoxy) is 1. The third-order valence-corrected chi connectivity index (χ3v) is 3.96. The lowest BCUT2D eigenvalue weighted by molar-refractivity contribution is -0.0695. The van der Waals surface area contributed by atoms with Crippen molar-refractivity contribution in [3.63, 3.8) is 0 Å². The van der Waals surface area contributed by atoms with Gasteiger partial charge in [-0.2, -0.15) is 5.10 Å². The Labute approximate surface area is 113 Å². The standard InChI is InChI=1S/C14H20N4O/c1-11-6-13-16-8-12(9-18(13)17-11)7-15-10-14(19-2)4-3-5-14/h6,8-9,15H,3-5,7,10H2,1-2H3. The molecule has 0 aliphatic heterocycles. The molecular weight excluding hydrogens is 240 g/mol. The van der Waals surface area contributed by atoms with Crippen molar-refractivity contribution < 1.29 is 4.74 Å². The topological polar surface area (TPSA) is 51.5 Å². The van der Waals surface area contributed by atoms with Gasteiger partial charge < -0.3 is 10.1 Å². The van der Waals surface area contributed by atoms with Gasteiger partial charge in [0.05, 0.1) is 11.3 Å². The number of aryl methyl sites for hydroxylation is 1. The van der Waals surface area contributed by atoms with E-state index in [0.717, 1.165) is 42.8 Å². The second kappa shape index (κ2) is 4.90. The molecule has 1 aliphatic carbocycles. The number of nitrogens with one attached hydrogen (secondary N) is 1. The third-order valence-electron chi connectivity index (χ3n) is 3.96. The zero-order valence-electron chi connectivity index (χ0n) is 11.5. The molecule has 0 unspecified atom stereocenters. The van der Waals surface area contributed by atoms with Crippen LogP contribution in [-0.2, 0) is 11.3 Å². The van der Waals surface area contributed by atoms with E-state index < -0.39 is 0 Å². The molecule has 2 aromatic rings. The summed E-state index contributed by atoms with van der Waals surface area (Å²) in [4.78, 5) is 4.40. The van der Waals surface area contributed by atoms with Crippen LogP contribution in [0.2, 0.25) is 0 Å². The molecular formula is C14H20N4O. The van der Waals surface area contributed by atoms with E-state index in [1.54, 1.807) is 7.11 Å². The largest absolute Gasteiger partial charge is 0.377 e. The van der Waals surface area contributed by atoms with Gasteiger partial charge >= 0.3 is 0 Å². The first kappa shape index (κ1) is 12.6. The van der Waals surface area contributed by atoms with Crippen molar-refractivity contribution in [3.8, 4) is 0 Å². The Morgan fingerprint density at radius 1 is 1.47 bits per heavy atom. The van der Waals surface area contributed by atoms with Crippen LogP contribution in [0.25, 0.3) is 5.65 Å². The molecule has 1 fully saturated rings. The number of methoxy groups -OCH3 is 1. The first-order valence-corrected chi connectivity index (χ1v) is 6.78. The van der Waals surface area contributed by atoms with Gasteiger partial charge in [0.2, 0.25) is 0 Å². The van der Waals surface area contributed by atoms with Crippen molar-refractivity contribution in [2.24, 2.45) is 0 Å². The fraction of sp³-hybridized carbons (Fsp3) is 0.571. The van der Waals surface area contributed by atoms with Gasteiger partial charge in [-0.15, -0.1) is 0 Å². The summed E-state index contributed by atoms with van der Waals surface area (Å²) < 4.78 is 7.42. The molecule has 1 saturated carbocycles. The van der Waals surface area contributed by atoms with E-state index >= 15 is 0 Å². The van der Waals surface area contributed by atoms with Gasteiger partial charge in [0.1, 0.15) is 0 Å². The molecule has 0 atom stereocenters. The van der Waals surface area contributed by atoms with Crippen LogP contribution in [0, 0.1) is 6.92 Å². The number of fused-ring (bicyclic) bond motifs is 1. The average molecular weight is 260 g/mol. The Morgan fingerprint density at radius 2 is 2.32 bits per heavy atom. The highest BCUT2D eigenvalue weighted by Gasteiger charge is 2.36. The predicted octanol–water partition coefficient (Wildman–Crippen LogP) is 1.70. The summed E-state index contributed by atoms with van der Waals surface area (Å²) in [6, 6.07) is 1.98. The molecule has 0 bridgehead atoms. The van der Waals surface area contributed by atoms with Crippen molar-refractivity contribution >= 4 is 5.65 Å². The first-order valence-electron chi connectivity index (χ1n) is 6.78. The van der Waals surface area contributed by atoms with Crippen LogP contribution in [0.3, 0.4) is 0 Å². The Hall–Kier alpha value is -1.46. The van der Waals surface area contributed by atoms with E-state index in [2.05, 4.69) is 15.4 Å². The minimum atomic E-state index is 0.0693. The zero-order chi connectivity index (χ0) is 13.3. The lowest BCUT2D eigenvalue weighted by atomic mass is 9.80. The SMILES string of the molecule is COC1(CNCc2cnc3cc(C)nn3c2)CCC1. The summed E-state index contributed by atoms with van der Waals surface area (Å²) in [7, 11) is 1.81. The summed E-state index contributed by atoms with van der Waals surface area (Å²) in [5.74, 6) is 0. The second-order valence-corrected chi connectivity index (χ2v) is 5.39. The van der Waals surface area contributed by atoms with Crippen LogP contribution in [0.4, 0.5) is 0 Å². The van der Waals surface area contributed by atoms with E-state index in [4.69, 9.17) is 4.74 Å². The van der Waals surface area contributed by atoms with Gasteiger partial charge in [-0.25, -0.2) is 9.50 Å². The van der Waals surface area contributed by atoms with Crippen LogP contribution < -0.4 is 5.32 Å². The average Bonchev–Trinajstić information content (AvgIpc) is 2.72. The second-order valence-electron chi connectivity index (χ2n) is 5.39. The maximum Gasteiger partial charge on any atom is 0.155 e.